The van der Waals surface area contributed by atoms with Gasteiger partial charge in [-0.25, -0.2) is 4.98 Å². The Labute approximate surface area is 112 Å². The van der Waals surface area contributed by atoms with Crippen molar-refractivity contribution in [3.63, 3.8) is 0 Å². The topological polar surface area (TPSA) is 48.1 Å². The Morgan fingerprint density at radius 3 is 2.61 bits per heavy atom. The van der Waals surface area contributed by atoms with Crippen LogP contribution in [0.25, 0.3) is 10.4 Å². The van der Waals surface area contributed by atoms with Crippen LogP contribution in [-0.4, -0.2) is 17.6 Å². The van der Waals surface area contributed by atoms with E-state index in [2.05, 4.69) is 17.1 Å². The van der Waals surface area contributed by atoms with E-state index in [4.69, 9.17) is 10.5 Å². The normalized spacial score (nSPS) is 10.9. The van der Waals surface area contributed by atoms with Crippen molar-refractivity contribution in [2.24, 2.45) is 5.73 Å². The molecule has 0 spiro atoms. The van der Waals surface area contributed by atoms with E-state index < -0.39 is 0 Å². The first kappa shape index (κ1) is 13.1. The van der Waals surface area contributed by atoms with E-state index in [1.807, 2.05) is 32.2 Å². The molecule has 0 aliphatic rings. The van der Waals surface area contributed by atoms with Crippen molar-refractivity contribution in [1.29, 1.82) is 0 Å². The summed E-state index contributed by atoms with van der Waals surface area (Å²) >= 11 is 1.70. The highest BCUT2D eigenvalue weighted by molar-refractivity contribution is 7.15. The molecule has 0 radical (unpaired) electrons. The van der Waals surface area contributed by atoms with Crippen molar-refractivity contribution in [3.8, 4) is 16.2 Å². The van der Waals surface area contributed by atoms with Crippen molar-refractivity contribution in [3.05, 3.63) is 35.5 Å². The molecule has 2 N–H and O–H groups in total. The maximum Gasteiger partial charge on any atom is 0.119 e. The number of rotatable bonds is 5. The zero-order chi connectivity index (χ0) is 13.0. The largest absolute Gasteiger partial charge is 0.491 e. The predicted octanol–water partition coefficient (Wildman–Crippen LogP) is 3.10. The summed E-state index contributed by atoms with van der Waals surface area (Å²) in [4.78, 5) is 5.54. The van der Waals surface area contributed by atoms with E-state index in [0.29, 0.717) is 6.54 Å². The molecule has 1 aromatic heterocycles. The van der Waals surface area contributed by atoms with Crippen LogP contribution in [0.2, 0.25) is 0 Å². The van der Waals surface area contributed by atoms with Gasteiger partial charge in [0, 0.05) is 12.6 Å². The second-order valence-corrected chi connectivity index (χ2v) is 5.46. The van der Waals surface area contributed by atoms with Crippen LogP contribution in [0.1, 0.15) is 18.9 Å². The summed E-state index contributed by atoms with van der Waals surface area (Å²) in [5, 5.41) is 1.09. The first-order valence-electron chi connectivity index (χ1n) is 6.11. The fraction of sp³-hybridized carbons (Fsp3) is 0.357. The minimum atomic E-state index is 0.204. The van der Waals surface area contributed by atoms with Crippen LogP contribution in [0.4, 0.5) is 0 Å². The fourth-order valence-electron chi connectivity index (χ4n) is 1.65. The molecular weight excluding hydrogens is 244 g/mol. The molecule has 0 bridgehead atoms. The van der Waals surface area contributed by atoms with Gasteiger partial charge in [0.1, 0.15) is 5.75 Å². The van der Waals surface area contributed by atoms with Crippen LogP contribution < -0.4 is 10.5 Å². The van der Waals surface area contributed by atoms with Gasteiger partial charge in [-0.2, -0.15) is 0 Å². The van der Waals surface area contributed by atoms with E-state index in [0.717, 1.165) is 17.2 Å². The van der Waals surface area contributed by atoms with Crippen LogP contribution in [0.5, 0.6) is 5.75 Å². The minimum absolute atomic E-state index is 0.204. The molecule has 0 amide bonds. The second kappa shape index (κ2) is 5.98. The summed E-state index contributed by atoms with van der Waals surface area (Å²) in [7, 11) is 0. The summed E-state index contributed by atoms with van der Waals surface area (Å²) in [5.41, 5.74) is 6.70. The number of nitrogens with zero attached hydrogens (tertiary/aromatic N) is 1. The Morgan fingerprint density at radius 2 is 2.00 bits per heavy atom. The van der Waals surface area contributed by atoms with Crippen LogP contribution in [-0.2, 0) is 6.42 Å². The Morgan fingerprint density at radius 1 is 1.28 bits per heavy atom. The average molecular weight is 262 g/mol. The number of ether oxygens (including phenoxy) is 1. The van der Waals surface area contributed by atoms with E-state index in [1.165, 1.54) is 10.4 Å². The Bertz CT molecular complexity index is 491. The molecule has 2 aromatic rings. The molecule has 0 unspecified atom stereocenters. The van der Waals surface area contributed by atoms with E-state index >= 15 is 0 Å². The van der Waals surface area contributed by atoms with Gasteiger partial charge in [-0.15, -0.1) is 11.3 Å². The van der Waals surface area contributed by atoms with E-state index in [-0.39, 0.29) is 6.10 Å². The second-order valence-electron chi connectivity index (χ2n) is 4.35. The third-order valence-corrected chi connectivity index (χ3v) is 3.53. The van der Waals surface area contributed by atoms with Gasteiger partial charge in [0.25, 0.3) is 0 Å². The summed E-state index contributed by atoms with van der Waals surface area (Å²) in [6.45, 7) is 4.69. The van der Waals surface area contributed by atoms with Crippen LogP contribution in [0.15, 0.2) is 30.5 Å². The van der Waals surface area contributed by atoms with E-state index in [9.17, 15) is 0 Å². The third-order valence-electron chi connectivity index (χ3n) is 2.42. The highest BCUT2D eigenvalue weighted by Gasteiger charge is 2.04. The van der Waals surface area contributed by atoms with Crippen LogP contribution in [0.3, 0.4) is 0 Å². The maximum atomic E-state index is 5.62. The summed E-state index contributed by atoms with van der Waals surface area (Å²) in [6, 6.07) is 8.13. The lowest BCUT2D eigenvalue weighted by Gasteiger charge is -2.09. The van der Waals surface area contributed by atoms with Gasteiger partial charge < -0.3 is 10.5 Å². The highest BCUT2D eigenvalue weighted by Crippen LogP contribution is 2.28. The SMILES string of the molecule is CC(C)Oc1ccc(-c2cnc(CCN)s2)cc1. The number of hydrogen-bond donors (Lipinski definition) is 1. The van der Waals surface area contributed by atoms with Crippen LogP contribution in [0, 0.1) is 0 Å². The maximum absolute atomic E-state index is 5.62. The monoisotopic (exact) mass is 262 g/mol. The molecule has 0 saturated carbocycles. The molecule has 1 heterocycles. The van der Waals surface area contributed by atoms with Crippen molar-refractivity contribution in [2.75, 3.05) is 6.54 Å². The van der Waals surface area contributed by atoms with Gasteiger partial charge in [-0.1, -0.05) is 0 Å². The number of nitrogens with two attached hydrogens (primary N) is 1. The Hall–Kier alpha value is -1.39. The zero-order valence-corrected chi connectivity index (χ0v) is 11.5. The molecule has 18 heavy (non-hydrogen) atoms. The number of thiazole rings is 1. The van der Waals surface area contributed by atoms with Crippen molar-refractivity contribution < 1.29 is 4.74 Å². The van der Waals surface area contributed by atoms with Gasteiger partial charge in [0.2, 0.25) is 0 Å². The molecule has 0 saturated heterocycles. The lowest BCUT2D eigenvalue weighted by molar-refractivity contribution is 0.242. The summed E-state index contributed by atoms with van der Waals surface area (Å²) < 4.78 is 5.62. The first-order valence-corrected chi connectivity index (χ1v) is 6.92. The summed E-state index contributed by atoms with van der Waals surface area (Å²) in [6.07, 6.45) is 2.96. The van der Waals surface area contributed by atoms with Gasteiger partial charge in [-0.3, -0.25) is 0 Å². The van der Waals surface area contributed by atoms with Crippen molar-refractivity contribution in [1.82, 2.24) is 4.98 Å². The van der Waals surface area contributed by atoms with Crippen molar-refractivity contribution >= 4 is 11.3 Å². The van der Waals surface area contributed by atoms with Gasteiger partial charge in [0.05, 0.1) is 16.0 Å². The molecule has 4 heteroatoms. The number of hydrogen-bond acceptors (Lipinski definition) is 4. The van der Waals surface area contributed by atoms with Gasteiger partial charge in [-0.05, 0) is 50.2 Å². The molecule has 0 aliphatic carbocycles. The number of aromatic nitrogens is 1. The molecule has 1 aromatic carbocycles. The Kier molecular flexibility index (Phi) is 4.33. The standard InChI is InChI=1S/C14H18N2OS/c1-10(2)17-12-5-3-11(4-6-12)13-9-16-14(18-13)7-8-15/h3-6,9-10H,7-8,15H2,1-2H3. The van der Waals surface area contributed by atoms with Crippen molar-refractivity contribution in [2.45, 2.75) is 26.4 Å². The molecule has 3 nitrogen and oxygen atoms in total. The van der Waals surface area contributed by atoms with Crippen LogP contribution >= 0.6 is 11.3 Å². The molecule has 96 valence electrons. The highest BCUT2D eigenvalue weighted by atomic mass is 32.1. The lowest BCUT2D eigenvalue weighted by atomic mass is 10.2. The predicted molar refractivity (Wildman–Crippen MR) is 76.1 cm³/mol. The molecule has 2 rings (SSSR count). The zero-order valence-electron chi connectivity index (χ0n) is 10.7. The quantitative estimate of drug-likeness (QED) is 0.900. The van der Waals surface area contributed by atoms with Gasteiger partial charge in [0.15, 0.2) is 0 Å². The Balaban J connectivity index is 2.12. The molecule has 0 aliphatic heterocycles. The first-order chi connectivity index (χ1) is 8.69. The smallest absolute Gasteiger partial charge is 0.119 e. The molecular formula is C14H18N2OS. The molecule has 0 atom stereocenters. The average Bonchev–Trinajstić information content (AvgIpc) is 2.78. The fourth-order valence-corrected chi connectivity index (χ4v) is 2.59. The third kappa shape index (κ3) is 3.31. The minimum Gasteiger partial charge on any atom is -0.491 e. The van der Waals surface area contributed by atoms with Gasteiger partial charge >= 0.3 is 0 Å². The molecule has 0 fully saturated rings. The van der Waals surface area contributed by atoms with E-state index in [1.54, 1.807) is 11.3 Å². The number of benzene rings is 1. The lowest BCUT2D eigenvalue weighted by Crippen LogP contribution is -2.04. The summed E-state index contributed by atoms with van der Waals surface area (Å²) in [5.74, 6) is 0.903.